The number of rotatable bonds is 6. The topological polar surface area (TPSA) is 53.1 Å². The lowest BCUT2D eigenvalue weighted by Gasteiger charge is -2.20. The van der Waals surface area contributed by atoms with E-state index in [-0.39, 0.29) is 0 Å². The Morgan fingerprint density at radius 1 is 1.32 bits per heavy atom. The summed E-state index contributed by atoms with van der Waals surface area (Å²) in [7, 11) is 4.16. The van der Waals surface area contributed by atoms with Crippen LogP contribution in [-0.4, -0.2) is 48.1 Å². The Morgan fingerprint density at radius 2 is 2.11 bits per heavy atom. The zero-order valence-corrected chi connectivity index (χ0v) is 12.7. The average Bonchev–Trinajstić information content (AvgIpc) is 2.84. The van der Waals surface area contributed by atoms with Gasteiger partial charge in [-0.1, -0.05) is 0 Å². The molecule has 2 aromatic heterocycles. The minimum atomic E-state index is 0.450. The van der Waals surface area contributed by atoms with Gasteiger partial charge < -0.3 is 15.5 Å². The Hall–Kier alpha value is -1.40. The van der Waals surface area contributed by atoms with Gasteiger partial charge in [0.1, 0.15) is 10.6 Å². The molecule has 0 bridgehead atoms. The van der Waals surface area contributed by atoms with Crippen molar-refractivity contribution in [1.82, 2.24) is 14.9 Å². The van der Waals surface area contributed by atoms with Crippen LogP contribution in [0, 0.1) is 0 Å². The Balaban J connectivity index is 2.22. The van der Waals surface area contributed by atoms with Crippen LogP contribution in [0.15, 0.2) is 11.4 Å². The van der Waals surface area contributed by atoms with Crippen LogP contribution in [0.25, 0.3) is 10.2 Å². The van der Waals surface area contributed by atoms with Gasteiger partial charge in [0, 0.05) is 19.1 Å². The first kappa shape index (κ1) is 14.0. The molecule has 0 aliphatic heterocycles. The summed E-state index contributed by atoms with van der Waals surface area (Å²) in [6.45, 7) is 5.92. The second-order valence-corrected chi connectivity index (χ2v) is 5.65. The summed E-state index contributed by atoms with van der Waals surface area (Å²) in [5, 5.41) is 9.75. The lowest BCUT2D eigenvalue weighted by atomic mass is 10.3. The summed E-state index contributed by atoms with van der Waals surface area (Å²) < 4.78 is 0. The number of thiophene rings is 1. The second-order valence-electron chi connectivity index (χ2n) is 4.76. The first-order valence-electron chi connectivity index (χ1n) is 6.51. The van der Waals surface area contributed by atoms with E-state index >= 15 is 0 Å². The molecule has 2 rings (SSSR count). The minimum Gasteiger partial charge on any atom is -0.368 e. The monoisotopic (exact) mass is 279 g/mol. The van der Waals surface area contributed by atoms with Crippen LogP contribution in [0.3, 0.4) is 0 Å². The molecule has 19 heavy (non-hydrogen) atoms. The summed E-state index contributed by atoms with van der Waals surface area (Å²) in [6.07, 6.45) is 0. The Bertz CT molecular complexity index is 537. The highest BCUT2D eigenvalue weighted by Crippen LogP contribution is 2.26. The lowest BCUT2D eigenvalue weighted by Crippen LogP contribution is -2.31. The van der Waals surface area contributed by atoms with E-state index in [0.29, 0.717) is 12.0 Å². The molecule has 0 aliphatic rings. The van der Waals surface area contributed by atoms with Crippen molar-refractivity contribution >= 4 is 33.3 Å². The van der Waals surface area contributed by atoms with Gasteiger partial charge in [-0.15, -0.1) is 11.3 Å². The highest BCUT2D eigenvalue weighted by Gasteiger charge is 2.10. The van der Waals surface area contributed by atoms with Crippen molar-refractivity contribution in [3.05, 3.63) is 11.4 Å². The third-order valence-electron chi connectivity index (χ3n) is 3.11. The molecule has 0 amide bonds. The SMILES string of the molecule is CCNc1nc(NCC(C)N(C)C)c2ccsc2n1. The van der Waals surface area contributed by atoms with Crippen LogP contribution in [0.4, 0.5) is 11.8 Å². The van der Waals surface area contributed by atoms with Gasteiger partial charge in [-0.05, 0) is 39.4 Å². The van der Waals surface area contributed by atoms with Gasteiger partial charge in [0.25, 0.3) is 0 Å². The van der Waals surface area contributed by atoms with E-state index in [1.807, 2.05) is 6.92 Å². The van der Waals surface area contributed by atoms with Gasteiger partial charge >= 0.3 is 0 Å². The highest BCUT2D eigenvalue weighted by molar-refractivity contribution is 7.16. The van der Waals surface area contributed by atoms with Gasteiger partial charge in [0.15, 0.2) is 0 Å². The molecule has 1 atom stereocenters. The van der Waals surface area contributed by atoms with Gasteiger partial charge in [0.2, 0.25) is 5.95 Å². The number of likely N-dealkylation sites (N-methyl/N-ethyl adjacent to an activating group) is 1. The molecule has 104 valence electrons. The molecule has 0 aliphatic carbocycles. The number of anilines is 2. The van der Waals surface area contributed by atoms with E-state index in [1.54, 1.807) is 11.3 Å². The van der Waals surface area contributed by atoms with Crippen LogP contribution >= 0.6 is 11.3 Å². The summed E-state index contributed by atoms with van der Waals surface area (Å²) in [5.41, 5.74) is 0. The summed E-state index contributed by atoms with van der Waals surface area (Å²) in [6, 6.07) is 2.52. The zero-order valence-electron chi connectivity index (χ0n) is 11.9. The highest BCUT2D eigenvalue weighted by atomic mass is 32.1. The zero-order chi connectivity index (χ0) is 13.8. The number of fused-ring (bicyclic) bond motifs is 1. The van der Waals surface area contributed by atoms with Crippen molar-refractivity contribution in [3.8, 4) is 0 Å². The molecular formula is C13H21N5S. The van der Waals surface area contributed by atoms with Gasteiger partial charge in [-0.3, -0.25) is 0 Å². The van der Waals surface area contributed by atoms with E-state index in [4.69, 9.17) is 0 Å². The van der Waals surface area contributed by atoms with Gasteiger partial charge in [-0.25, -0.2) is 4.98 Å². The molecule has 0 spiro atoms. The number of aromatic nitrogens is 2. The fourth-order valence-corrected chi connectivity index (χ4v) is 2.42. The number of nitrogens with zero attached hydrogens (tertiary/aromatic N) is 3. The maximum Gasteiger partial charge on any atom is 0.226 e. The molecule has 2 aromatic rings. The third-order valence-corrected chi connectivity index (χ3v) is 3.91. The molecule has 6 heteroatoms. The summed E-state index contributed by atoms with van der Waals surface area (Å²) in [4.78, 5) is 12.2. The van der Waals surface area contributed by atoms with Crippen LogP contribution in [0.1, 0.15) is 13.8 Å². The quantitative estimate of drug-likeness (QED) is 0.851. The van der Waals surface area contributed by atoms with Crippen molar-refractivity contribution in [3.63, 3.8) is 0 Å². The molecule has 2 heterocycles. The van der Waals surface area contributed by atoms with E-state index in [0.717, 1.165) is 29.1 Å². The van der Waals surface area contributed by atoms with Crippen LogP contribution in [-0.2, 0) is 0 Å². The summed E-state index contributed by atoms with van der Waals surface area (Å²) >= 11 is 1.64. The predicted molar refractivity (Wildman–Crippen MR) is 83.2 cm³/mol. The standard InChI is InChI=1S/C13H21N5S/c1-5-14-13-16-11(15-8-9(2)18(3)4)10-6-7-19-12(10)17-13/h6-7,9H,5,8H2,1-4H3,(H2,14,15,16,17). The molecule has 0 fully saturated rings. The molecule has 0 saturated carbocycles. The third kappa shape index (κ3) is 3.33. The van der Waals surface area contributed by atoms with Crippen molar-refractivity contribution in [2.75, 3.05) is 37.8 Å². The Morgan fingerprint density at radius 3 is 2.79 bits per heavy atom. The van der Waals surface area contributed by atoms with Crippen LogP contribution in [0.5, 0.6) is 0 Å². The molecule has 2 N–H and O–H groups in total. The fourth-order valence-electron chi connectivity index (χ4n) is 1.65. The first-order valence-corrected chi connectivity index (χ1v) is 7.39. The molecule has 0 saturated heterocycles. The maximum atomic E-state index is 4.55. The van der Waals surface area contributed by atoms with Crippen LogP contribution in [0.2, 0.25) is 0 Å². The molecular weight excluding hydrogens is 258 g/mol. The summed E-state index contributed by atoms with van der Waals surface area (Å²) in [5.74, 6) is 1.60. The van der Waals surface area contributed by atoms with E-state index in [9.17, 15) is 0 Å². The maximum absolute atomic E-state index is 4.55. The molecule has 0 aromatic carbocycles. The van der Waals surface area contributed by atoms with E-state index in [1.165, 1.54) is 0 Å². The molecule has 5 nitrogen and oxygen atoms in total. The lowest BCUT2D eigenvalue weighted by molar-refractivity contribution is 0.326. The van der Waals surface area contributed by atoms with Crippen molar-refractivity contribution in [1.29, 1.82) is 0 Å². The van der Waals surface area contributed by atoms with Crippen LogP contribution < -0.4 is 10.6 Å². The van der Waals surface area contributed by atoms with Gasteiger partial charge in [0.05, 0.1) is 5.39 Å². The average molecular weight is 279 g/mol. The Kier molecular flexibility index (Phi) is 4.55. The van der Waals surface area contributed by atoms with Gasteiger partial charge in [-0.2, -0.15) is 4.98 Å². The second kappa shape index (κ2) is 6.16. The largest absolute Gasteiger partial charge is 0.368 e. The fraction of sp³-hybridized carbons (Fsp3) is 0.538. The van der Waals surface area contributed by atoms with Crippen molar-refractivity contribution in [2.45, 2.75) is 19.9 Å². The number of hydrogen-bond acceptors (Lipinski definition) is 6. The van der Waals surface area contributed by atoms with Crippen molar-refractivity contribution < 1.29 is 0 Å². The number of nitrogens with one attached hydrogen (secondary N) is 2. The molecule has 1 unspecified atom stereocenters. The number of hydrogen-bond donors (Lipinski definition) is 2. The van der Waals surface area contributed by atoms with E-state index in [2.05, 4.69) is 58.0 Å². The minimum absolute atomic E-state index is 0.450. The first-order chi connectivity index (χ1) is 9.11. The molecule has 0 radical (unpaired) electrons. The Labute approximate surface area is 118 Å². The normalized spacial score (nSPS) is 12.9. The smallest absolute Gasteiger partial charge is 0.226 e. The predicted octanol–water partition coefficient (Wildman–Crippen LogP) is 2.49. The van der Waals surface area contributed by atoms with Crippen molar-refractivity contribution in [2.24, 2.45) is 0 Å². The van der Waals surface area contributed by atoms with E-state index < -0.39 is 0 Å².